The zero-order valence-corrected chi connectivity index (χ0v) is 39.7. The van der Waals surface area contributed by atoms with E-state index in [1.165, 1.54) is 16.2 Å². The first-order valence-electron chi connectivity index (χ1n) is 21.7. The molecule has 4 aliphatic rings. The Bertz CT molecular complexity index is 2360. The monoisotopic (exact) mass is 1020 g/mol. The van der Waals surface area contributed by atoms with Crippen LogP contribution < -0.4 is 19.5 Å². The summed E-state index contributed by atoms with van der Waals surface area (Å²) in [6.45, 7) is 5.37. The third kappa shape index (κ3) is 11.1. The van der Waals surface area contributed by atoms with Gasteiger partial charge in [-0.3, -0.25) is 23.9 Å². The minimum atomic E-state index is -3.96. The molecule has 342 valence electrons. The summed E-state index contributed by atoms with van der Waals surface area (Å²) in [7, 11) is -2.39. The Morgan fingerprint density at radius 3 is 2.57 bits per heavy atom. The summed E-state index contributed by atoms with van der Waals surface area (Å²) in [5.41, 5.74) is 2.86. The molecule has 3 aromatic rings. The van der Waals surface area contributed by atoms with Gasteiger partial charge in [0.25, 0.3) is 11.8 Å². The largest absolute Gasteiger partial charge is 0.496 e. The Balaban J connectivity index is 1.24. The summed E-state index contributed by atoms with van der Waals surface area (Å²) in [5, 5.41) is 5.43. The van der Waals surface area contributed by atoms with E-state index in [-0.39, 0.29) is 44.7 Å². The first-order chi connectivity index (χ1) is 29.9. The maximum atomic E-state index is 14.9. The molecule has 0 spiro atoms. The number of hydrogen-bond donors (Lipinski definition) is 2. The molecule has 63 heavy (non-hydrogen) atoms. The van der Waals surface area contributed by atoms with Gasteiger partial charge in [0.05, 0.1) is 40.6 Å². The third-order valence-electron chi connectivity index (χ3n) is 12.2. The number of pyridine rings is 1. The average molecular weight is 1020 g/mol. The molecule has 4 amide bonds. The number of aryl methyl sites for hydroxylation is 1. The molecule has 2 aromatic heterocycles. The fourth-order valence-electron chi connectivity index (χ4n) is 8.47. The Morgan fingerprint density at radius 2 is 1.87 bits per heavy atom. The van der Waals surface area contributed by atoms with Crippen LogP contribution in [0.1, 0.15) is 102 Å². The number of carbonyl (C=O) groups is 4. The van der Waals surface area contributed by atoms with Gasteiger partial charge in [0.2, 0.25) is 27.7 Å². The van der Waals surface area contributed by atoms with Crippen molar-refractivity contribution >= 4 is 78.5 Å². The number of nitrogens with zero attached hydrogens (tertiary/aromatic N) is 4. The van der Waals surface area contributed by atoms with Gasteiger partial charge in [-0.2, -0.15) is 0 Å². The van der Waals surface area contributed by atoms with Crippen LogP contribution in [0.15, 0.2) is 35.7 Å². The van der Waals surface area contributed by atoms with Crippen LogP contribution in [-0.4, -0.2) is 112 Å². The number of piperidine rings is 1. The highest BCUT2D eigenvalue weighted by atomic mass is 127. The first kappa shape index (κ1) is 47.0. The molecule has 1 aliphatic carbocycles. The second-order valence-electron chi connectivity index (χ2n) is 17.4. The van der Waals surface area contributed by atoms with E-state index in [0.29, 0.717) is 71.6 Å². The molecule has 0 unspecified atom stereocenters. The van der Waals surface area contributed by atoms with Crippen molar-refractivity contribution in [2.45, 2.75) is 131 Å². The zero-order chi connectivity index (χ0) is 45.2. The molecule has 0 radical (unpaired) electrons. The number of halogens is 3. The number of sulfonamides is 1. The normalized spacial score (nSPS) is 25.5. The number of benzene rings is 1. The zero-order valence-electron chi connectivity index (χ0n) is 35.9. The summed E-state index contributed by atoms with van der Waals surface area (Å²) < 4.78 is 68.7. The molecule has 5 heterocycles. The number of amides is 4. The first-order valence-corrected chi connectivity index (χ1v) is 25.3. The van der Waals surface area contributed by atoms with Crippen molar-refractivity contribution in [1.82, 2.24) is 29.8 Å². The van der Waals surface area contributed by atoms with Crippen LogP contribution in [-0.2, 0) is 29.2 Å². The van der Waals surface area contributed by atoms with E-state index >= 15 is 0 Å². The van der Waals surface area contributed by atoms with E-state index in [9.17, 15) is 36.4 Å². The minimum absolute atomic E-state index is 0.0178. The average Bonchev–Trinajstić information content (AvgIpc) is 3.84. The minimum Gasteiger partial charge on any atom is -0.496 e. The molecular formula is C44H55F2IN6O8S2. The number of ether oxygens (including phenoxy) is 2. The second kappa shape index (κ2) is 19.6. The Morgan fingerprint density at radius 1 is 1.10 bits per heavy atom. The number of carbonyl (C=O) groups excluding carboxylic acids is 4. The second-order valence-corrected chi connectivity index (χ2v) is 21.6. The van der Waals surface area contributed by atoms with Gasteiger partial charge in [0.15, 0.2) is 0 Å². The van der Waals surface area contributed by atoms with Crippen LogP contribution in [0.4, 0.5) is 8.78 Å². The number of nitrogens with one attached hydrogen (secondary N) is 2. The number of allylic oxidation sites excluding steroid dienone is 1. The van der Waals surface area contributed by atoms with Crippen molar-refractivity contribution in [3.63, 3.8) is 0 Å². The predicted molar refractivity (Wildman–Crippen MR) is 244 cm³/mol. The van der Waals surface area contributed by atoms with Gasteiger partial charge in [-0.15, -0.1) is 11.3 Å². The van der Waals surface area contributed by atoms with E-state index < -0.39 is 79.4 Å². The fraction of sp³-hybridized carbons (Fsp3) is 0.591. The molecule has 1 aromatic carbocycles. The lowest BCUT2D eigenvalue weighted by Gasteiger charge is -2.34. The predicted octanol–water partition coefficient (Wildman–Crippen LogP) is 6.83. The topological polar surface area (TPSA) is 177 Å². The number of likely N-dealkylation sites (tertiary alicyclic amines) is 1. The Labute approximate surface area is 384 Å². The fourth-order valence-corrected chi connectivity index (χ4v) is 11.5. The smallest absolute Gasteiger partial charge is 0.265 e. The summed E-state index contributed by atoms with van der Waals surface area (Å²) in [5.74, 6) is -5.35. The van der Waals surface area contributed by atoms with E-state index in [1.54, 1.807) is 19.3 Å². The van der Waals surface area contributed by atoms with Crippen molar-refractivity contribution in [3.05, 3.63) is 47.0 Å². The molecule has 7 rings (SSSR count). The summed E-state index contributed by atoms with van der Waals surface area (Å²) in [6.07, 6.45) is 6.15. The number of hydrogen-bond acceptors (Lipinski definition) is 11. The summed E-state index contributed by atoms with van der Waals surface area (Å²) in [6, 6.07) is 2.92. The van der Waals surface area contributed by atoms with Crippen LogP contribution in [0.25, 0.3) is 21.6 Å². The van der Waals surface area contributed by atoms with E-state index in [4.69, 9.17) is 19.4 Å². The highest BCUT2D eigenvalue weighted by Gasteiger charge is 2.46. The number of methoxy groups -OCH3 is 1. The van der Waals surface area contributed by atoms with E-state index in [2.05, 4.69) is 23.9 Å². The molecule has 2 saturated heterocycles. The van der Waals surface area contributed by atoms with Gasteiger partial charge < -0.3 is 24.6 Å². The van der Waals surface area contributed by atoms with Crippen molar-refractivity contribution in [3.8, 4) is 22.2 Å². The van der Waals surface area contributed by atoms with Gasteiger partial charge in [0, 0.05) is 54.1 Å². The lowest BCUT2D eigenvalue weighted by molar-refractivity contribution is -0.148. The van der Waals surface area contributed by atoms with Crippen molar-refractivity contribution in [2.75, 3.05) is 26.7 Å². The molecule has 2 N–H and O–H groups in total. The highest BCUT2D eigenvalue weighted by Crippen LogP contribution is 2.39. The van der Waals surface area contributed by atoms with Crippen LogP contribution in [0.5, 0.6) is 11.5 Å². The third-order valence-corrected chi connectivity index (χ3v) is 16.1. The van der Waals surface area contributed by atoms with Gasteiger partial charge in [-0.05, 0) is 63.5 Å². The van der Waals surface area contributed by atoms with Crippen molar-refractivity contribution < 1.29 is 45.9 Å². The molecule has 19 heteroatoms. The SMILES string of the molecule is COc1ccc2c(O[C@@H]3C[C@H]4C(=O)N[C@@H](C(=O)NS(=O)(=O)C5CC5)[C@@H](I)/C=C\CCCCC[C@H](CC(=O)N5CCCC(F)(F)C5)C(=O)N4C3)cc(-c3nc(C(C)C)cs3)nc2c1C. The van der Waals surface area contributed by atoms with Crippen molar-refractivity contribution in [2.24, 2.45) is 5.92 Å². The molecule has 14 nitrogen and oxygen atoms in total. The van der Waals surface area contributed by atoms with Crippen LogP contribution >= 0.6 is 33.9 Å². The van der Waals surface area contributed by atoms with E-state index in [0.717, 1.165) is 22.6 Å². The maximum absolute atomic E-state index is 14.9. The van der Waals surface area contributed by atoms with Crippen LogP contribution in [0, 0.1) is 12.8 Å². The number of aromatic nitrogens is 2. The quantitative estimate of drug-likeness (QED) is 0.124. The lowest BCUT2D eigenvalue weighted by atomic mass is 9.94. The lowest BCUT2D eigenvalue weighted by Crippen LogP contribution is -2.57. The molecule has 0 bridgehead atoms. The number of thiazole rings is 1. The molecule has 5 atom stereocenters. The molecule has 3 aliphatic heterocycles. The Hall–Kier alpha value is -3.98. The van der Waals surface area contributed by atoms with Gasteiger partial charge in [-0.25, -0.2) is 27.2 Å². The Kier molecular flexibility index (Phi) is 14.6. The number of alkyl halides is 3. The van der Waals surface area contributed by atoms with Gasteiger partial charge in [0.1, 0.15) is 40.4 Å². The van der Waals surface area contributed by atoms with Crippen LogP contribution in [0.2, 0.25) is 0 Å². The highest BCUT2D eigenvalue weighted by molar-refractivity contribution is 14.1. The molecular weight excluding hydrogens is 970 g/mol. The van der Waals surface area contributed by atoms with Gasteiger partial charge >= 0.3 is 0 Å². The van der Waals surface area contributed by atoms with E-state index in [1.807, 2.05) is 53.1 Å². The van der Waals surface area contributed by atoms with Crippen LogP contribution in [0.3, 0.4) is 0 Å². The van der Waals surface area contributed by atoms with Gasteiger partial charge in [-0.1, -0.05) is 61.4 Å². The maximum Gasteiger partial charge on any atom is 0.265 e. The number of fused-ring (bicyclic) bond motifs is 2. The van der Waals surface area contributed by atoms with Crippen molar-refractivity contribution in [1.29, 1.82) is 0 Å². The standard InChI is InChI=1S/C44H55F2IN6O8S2/c1-25(2)33-23-62-42(49-33)32-21-36(30-15-16-35(60-4)26(3)38(30)48-32)61-28-20-34-40(55)50-39(41(56)51-63(58,59)29-13-14-29)31(47)12-9-7-5-6-8-11-27(43(57)53(34)22-28)19-37(54)52-18-10-17-44(45,46)24-52/h9,12,15-16,21,23,25,27-29,31,34,39H,5-8,10-11,13-14,17-20,22,24H2,1-4H3,(H,50,55)(H,51,56)/b12-9-/t27-,28-,31+,34+,39-/m1/s1. The molecule has 1 saturated carbocycles. The summed E-state index contributed by atoms with van der Waals surface area (Å²) in [4.78, 5) is 69.3. The summed E-state index contributed by atoms with van der Waals surface area (Å²) >= 11 is 3.45. The number of rotatable bonds is 10. The molecule has 3 fully saturated rings.